The Bertz CT molecular complexity index is 538. The molecule has 0 saturated carbocycles. The Kier molecular flexibility index (Phi) is 4.53. The molecule has 0 spiro atoms. The van der Waals surface area contributed by atoms with Gasteiger partial charge in [-0.25, -0.2) is 9.78 Å². The first kappa shape index (κ1) is 14.3. The Morgan fingerprint density at radius 3 is 3.15 bits per heavy atom. The Morgan fingerprint density at radius 1 is 1.65 bits per heavy atom. The summed E-state index contributed by atoms with van der Waals surface area (Å²) in [5.74, 6) is 0.277. The molecule has 1 N–H and O–H groups in total. The molecule has 6 heteroatoms. The predicted molar refractivity (Wildman–Crippen MR) is 74.3 cm³/mol. The number of rotatable bonds is 3. The maximum Gasteiger partial charge on any atom is 0.330 e. The van der Waals surface area contributed by atoms with E-state index in [4.69, 9.17) is 4.74 Å². The lowest BCUT2D eigenvalue weighted by molar-refractivity contribution is -0.144. The van der Waals surface area contributed by atoms with Gasteiger partial charge in [-0.2, -0.15) is 5.26 Å². The summed E-state index contributed by atoms with van der Waals surface area (Å²) >= 11 is 0. The van der Waals surface area contributed by atoms with Crippen molar-refractivity contribution in [2.24, 2.45) is 0 Å². The van der Waals surface area contributed by atoms with Gasteiger partial charge >= 0.3 is 5.97 Å². The minimum atomic E-state index is -0.440. The quantitative estimate of drug-likeness (QED) is 0.813. The normalized spacial score (nSPS) is 18.4. The molecule has 0 aliphatic carbocycles. The fourth-order valence-electron chi connectivity index (χ4n) is 2.26. The lowest BCUT2D eigenvalue weighted by Crippen LogP contribution is -2.56. The molecule has 1 aliphatic heterocycles. The zero-order valence-electron chi connectivity index (χ0n) is 11.7. The number of hydrogen-bond donors (Lipinski definition) is 1. The molecule has 0 aromatic carbocycles. The van der Waals surface area contributed by atoms with Crippen molar-refractivity contribution in [2.75, 3.05) is 31.1 Å². The summed E-state index contributed by atoms with van der Waals surface area (Å²) < 4.78 is 5.11. The average molecular weight is 274 g/mol. The number of carbonyl (C=O) groups excluding carboxylic acids is 1. The zero-order valence-corrected chi connectivity index (χ0v) is 11.7. The van der Waals surface area contributed by atoms with Crippen LogP contribution in [0.3, 0.4) is 0 Å². The second-order valence-corrected chi connectivity index (χ2v) is 4.60. The van der Waals surface area contributed by atoms with Crippen LogP contribution >= 0.6 is 0 Å². The molecule has 0 bridgehead atoms. The summed E-state index contributed by atoms with van der Waals surface area (Å²) in [6.07, 6.45) is 0. The van der Waals surface area contributed by atoms with E-state index in [9.17, 15) is 10.1 Å². The van der Waals surface area contributed by atoms with Crippen molar-refractivity contribution in [2.45, 2.75) is 19.9 Å². The van der Waals surface area contributed by atoms with Crippen molar-refractivity contribution in [3.8, 4) is 6.07 Å². The number of aryl methyl sites for hydroxylation is 1. The monoisotopic (exact) mass is 274 g/mol. The molecule has 1 atom stereocenters. The van der Waals surface area contributed by atoms with Crippen LogP contribution in [0.1, 0.15) is 18.2 Å². The van der Waals surface area contributed by atoms with Crippen molar-refractivity contribution in [1.29, 1.82) is 5.26 Å². The maximum atomic E-state index is 12.1. The fourth-order valence-corrected chi connectivity index (χ4v) is 2.26. The number of nitrogens with zero attached hydrogens (tertiary/aromatic N) is 3. The number of nitrogens with one attached hydrogen (secondary N) is 1. The summed E-state index contributed by atoms with van der Waals surface area (Å²) in [5, 5.41) is 12.4. The summed E-state index contributed by atoms with van der Waals surface area (Å²) in [7, 11) is 0. The van der Waals surface area contributed by atoms with Gasteiger partial charge in [0.1, 0.15) is 17.9 Å². The number of pyridine rings is 1. The van der Waals surface area contributed by atoms with E-state index >= 15 is 0 Å². The largest absolute Gasteiger partial charge is 0.464 e. The van der Waals surface area contributed by atoms with Gasteiger partial charge in [0.25, 0.3) is 0 Å². The summed E-state index contributed by atoms with van der Waals surface area (Å²) in [4.78, 5) is 18.3. The molecule has 1 aliphatic rings. The molecule has 1 aromatic heterocycles. The van der Waals surface area contributed by atoms with E-state index in [0.717, 1.165) is 12.2 Å². The molecule has 2 heterocycles. The molecule has 2 rings (SSSR count). The molecule has 106 valence electrons. The van der Waals surface area contributed by atoms with Gasteiger partial charge in [-0.05, 0) is 26.0 Å². The van der Waals surface area contributed by atoms with Gasteiger partial charge in [0.2, 0.25) is 0 Å². The van der Waals surface area contributed by atoms with Crippen molar-refractivity contribution in [3.63, 3.8) is 0 Å². The lowest BCUT2D eigenvalue weighted by atomic mass is 10.1. The number of carbonyl (C=O) groups is 1. The third-order valence-corrected chi connectivity index (χ3v) is 3.21. The molecule has 6 nitrogen and oxygen atoms in total. The minimum absolute atomic E-state index is 0.285. The predicted octanol–water partition coefficient (Wildman–Crippen LogP) is 0.603. The SMILES string of the molecule is CCOC(=O)C1CNCCN1c1nc(C)ccc1C#N. The van der Waals surface area contributed by atoms with Gasteiger partial charge < -0.3 is 15.0 Å². The third-order valence-electron chi connectivity index (χ3n) is 3.21. The van der Waals surface area contributed by atoms with Gasteiger partial charge in [-0.1, -0.05) is 0 Å². The molecule has 0 radical (unpaired) electrons. The van der Waals surface area contributed by atoms with Crippen molar-refractivity contribution in [1.82, 2.24) is 10.3 Å². The summed E-state index contributed by atoms with van der Waals surface area (Å²) in [6, 6.07) is 5.23. The zero-order chi connectivity index (χ0) is 14.5. The van der Waals surface area contributed by atoms with E-state index in [1.54, 1.807) is 19.1 Å². The maximum absolute atomic E-state index is 12.1. The molecular formula is C14H18N4O2. The number of aromatic nitrogens is 1. The van der Waals surface area contributed by atoms with Crippen LogP contribution in [0, 0.1) is 18.3 Å². The number of nitriles is 1. The minimum Gasteiger partial charge on any atom is -0.464 e. The van der Waals surface area contributed by atoms with E-state index in [1.807, 2.05) is 11.8 Å². The van der Waals surface area contributed by atoms with E-state index in [0.29, 0.717) is 31.1 Å². The fraction of sp³-hybridized carbons (Fsp3) is 0.500. The lowest BCUT2D eigenvalue weighted by Gasteiger charge is -2.35. The highest BCUT2D eigenvalue weighted by molar-refractivity contribution is 5.81. The molecule has 1 unspecified atom stereocenters. The Labute approximate surface area is 118 Å². The van der Waals surface area contributed by atoms with Crippen LogP contribution in [-0.4, -0.2) is 43.2 Å². The Balaban J connectivity index is 2.35. The Morgan fingerprint density at radius 2 is 2.45 bits per heavy atom. The van der Waals surface area contributed by atoms with E-state index < -0.39 is 6.04 Å². The average Bonchev–Trinajstić information content (AvgIpc) is 2.47. The molecule has 20 heavy (non-hydrogen) atoms. The van der Waals surface area contributed by atoms with Crippen LogP contribution in [0.15, 0.2) is 12.1 Å². The van der Waals surface area contributed by atoms with Crippen LogP contribution < -0.4 is 10.2 Å². The first-order valence-corrected chi connectivity index (χ1v) is 6.69. The van der Waals surface area contributed by atoms with Crippen molar-refractivity contribution >= 4 is 11.8 Å². The highest BCUT2D eigenvalue weighted by Gasteiger charge is 2.32. The van der Waals surface area contributed by atoms with E-state index in [2.05, 4.69) is 16.4 Å². The highest BCUT2D eigenvalue weighted by atomic mass is 16.5. The second kappa shape index (κ2) is 6.35. The van der Waals surface area contributed by atoms with Crippen molar-refractivity contribution in [3.05, 3.63) is 23.4 Å². The summed E-state index contributed by atoms with van der Waals surface area (Å²) in [6.45, 7) is 5.86. The van der Waals surface area contributed by atoms with Gasteiger partial charge in [-0.3, -0.25) is 0 Å². The van der Waals surface area contributed by atoms with Gasteiger partial charge in [-0.15, -0.1) is 0 Å². The number of esters is 1. The van der Waals surface area contributed by atoms with E-state index in [-0.39, 0.29) is 5.97 Å². The van der Waals surface area contributed by atoms with Crippen LogP contribution in [0.2, 0.25) is 0 Å². The summed E-state index contributed by atoms with van der Waals surface area (Å²) in [5.41, 5.74) is 1.30. The standard InChI is InChI=1S/C14H18N4O2/c1-3-20-14(19)12-9-16-6-7-18(12)13-11(8-15)5-4-10(2)17-13/h4-5,12,16H,3,6-7,9H2,1-2H3. The molecule has 1 saturated heterocycles. The molecule has 0 amide bonds. The third kappa shape index (κ3) is 2.89. The molecular weight excluding hydrogens is 256 g/mol. The first-order chi connectivity index (χ1) is 9.67. The van der Waals surface area contributed by atoms with Crippen molar-refractivity contribution < 1.29 is 9.53 Å². The second-order valence-electron chi connectivity index (χ2n) is 4.60. The molecule has 1 fully saturated rings. The van der Waals surface area contributed by atoms with Crippen LogP contribution in [-0.2, 0) is 9.53 Å². The number of anilines is 1. The Hall–Kier alpha value is -2.13. The van der Waals surface area contributed by atoms with Gasteiger partial charge in [0, 0.05) is 25.3 Å². The number of piperazine rings is 1. The first-order valence-electron chi connectivity index (χ1n) is 6.69. The van der Waals surface area contributed by atoms with Gasteiger partial charge in [0.15, 0.2) is 0 Å². The number of hydrogen-bond acceptors (Lipinski definition) is 6. The number of ether oxygens (including phenoxy) is 1. The van der Waals surface area contributed by atoms with Crippen LogP contribution in [0.5, 0.6) is 0 Å². The van der Waals surface area contributed by atoms with Crippen LogP contribution in [0.4, 0.5) is 5.82 Å². The topological polar surface area (TPSA) is 78.2 Å². The molecule has 1 aromatic rings. The van der Waals surface area contributed by atoms with Gasteiger partial charge in [0.05, 0.1) is 12.2 Å². The van der Waals surface area contributed by atoms with E-state index in [1.165, 1.54) is 0 Å². The van der Waals surface area contributed by atoms with Crippen LogP contribution in [0.25, 0.3) is 0 Å². The smallest absolute Gasteiger partial charge is 0.330 e. The highest BCUT2D eigenvalue weighted by Crippen LogP contribution is 2.21.